The van der Waals surface area contributed by atoms with E-state index in [9.17, 15) is 0 Å². The van der Waals surface area contributed by atoms with Gasteiger partial charge in [-0.05, 0) is 11.1 Å². The number of ether oxygens (including phenoxy) is 1. The summed E-state index contributed by atoms with van der Waals surface area (Å²) in [5, 5.41) is 0. The van der Waals surface area contributed by atoms with Gasteiger partial charge in [0.05, 0.1) is 0 Å². The van der Waals surface area contributed by atoms with Gasteiger partial charge in [0.15, 0.2) is 0 Å². The van der Waals surface area contributed by atoms with Crippen molar-refractivity contribution in [1.82, 2.24) is 0 Å². The van der Waals surface area contributed by atoms with Crippen molar-refractivity contribution in [3.8, 4) is 0 Å². The second-order valence-corrected chi connectivity index (χ2v) is 4.31. The van der Waals surface area contributed by atoms with Gasteiger partial charge >= 0.3 is 0 Å². The lowest BCUT2D eigenvalue weighted by atomic mass is 9.88. The Morgan fingerprint density at radius 1 is 0.882 bits per heavy atom. The first-order chi connectivity index (χ1) is 8.38. The molecule has 0 aliphatic carbocycles. The maximum Gasteiger partial charge on any atom is 0.146 e. The second kappa shape index (κ2) is 3.99. The number of hydrogen-bond acceptors (Lipinski definition) is 2. The van der Waals surface area contributed by atoms with Crippen LogP contribution >= 0.6 is 0 Å². The van der Waals surface area contributed by atoms with Gasteiger partial charge in [-0.2, -0.15) is 0 Å². The van der Waals surface area contributed by atoms with Crippen molar-refractivity contribution in [3.05, 3.63) is 71.8 Å². The molecule has 0 bridgehead atoms. The lowest BCUT2D eigenvalue weighted by Gasteiger charge is -2.13. The SMILES string of the molecule is NCC1OC1(c1ccccc1)c1ccccc1. The highest BCUT2D eigenvalue weighted by atomic mass is 16.6. The summed E-state index contributed by atoms with van der Waals surface area (Å²) in [6.07, 6.45) is 0.0901. The third-order valence-electron chi connectivity index (χ3n) is 3.34. The summed E-state index contributed by atoms with van der Waals surface area (Å²) in [6, 6.07) is 20.6. The Kier molecular flexibility index (Phi) is 2.46. The molecule has 1 unspecified atom stereocenters. The fourth-order valence-corrected chi connectivity index (χ4v) is 2.45. The highest BCUT2D eigenvalue weighted by Crippen LogP contribution is 2.50. The molecule has 0 amide bonds. The molecule has 2 N–H and O–H groups in total. The Morgan fingerprint density at radius 3 is 1.71 bits per heavy atom. The minimum Gasteiger partial charge on any atom is -0.354 e. The molecule has 1 heterocycles. The van der Waals surface area contributed by atoms with E-state index < -0.39 is 0 Å². The fourth-order valence-electron chi connectivity index (χ4n) is 2.45. The van der Waals surface area contributed by atoms with Crippen LogP contribution in [0.2, 0.25) is 0 Å². The van der Waals surface area contributed by atoms with Crippen molar-refractivity contribution >= 4 is 0 Å². The molecular formula is C15H15NO. The summed E-state index contributed by atoms with van der Waals surface area (Å²) in [7, 11) is 0. The molecule has 2 heteroatoms. The van der Waals surface area contributed by atoms with Crippen LogP contribution in [-0.2, 0) is 10.3 Å². The Bertz CT molecular complexity index is 455. The van der Waals surface area contributed by atoms with Crippen LogP contribution in [0.15, 0.2) is 60.7 Å². The molecule has 1 aliphatic rings. The minimum absolute atomic E-state index is 0.0901. The molecule has 0 saturated carbocycles. The average molecular weight is 225 g/mol. The van der Waals surface area contributed by atoms with Crippen molar-refractivity contribution < 1.29 is 4.74 Å². The van der Waals surface area contributed by atoms with E-state index in [1.165, 1.54) is 11.1 Å². The first-order valence-corrected chi connectivity index (χ1v) is 5.87. The zero-order valence-corrected chi connectivity index (χ0v) is 9.54. The van der Waals surface area contributed by atoms with Crippen LogP contribution in [0, 0.1) is 0 Å². The molecule has 2 nitrogen and oxygen atoms in total. The van der Waals surface area contributed by atoms with E-state index in [1.807, 2.05) is 36.4 Å². The Labute approximate surface area is 101 Å². The van der Waals surface area contributed by atoms with Crippen molar-refractivity contribution in [1.29, 1.82) is 0 Å². The summed E-state index contributed by atoms with van der Waals surface area (Å²) in [5.41, 5.74) is 7.80. The molecule has 2 aromatic carbocycles. The zero-order chi connectivity index (χ0) is 11.7. The van der Waals surface area contributed by atoms with E-state index in [0.717, 1.165) is 0 Å². The number of nitrogens with two attached hydrogens (primary N) is 1. The molecular weight excluding hydrogens is 210 g/mol. The van der Waals surface area contributed by atoms with E-state index in [0.29, 0.717) is 6.54 Å². The van der Waals surface area contributed by atoms with Crippen LogP contribution < -0.4 is 5.73 Å². The van der Waals surface area contributed by atoms with Crippen molar-refractivity contribution in [3.63, 3.8) is 0 Å². The van der Waals surface area contributed by atoms with Gasteiger partial charge in [-0.25, -0.2) is 0 Å². The summed E-state index contributed by atoms with van der Waals surface area (Å²) < 4.78 is 5.90. The Morgan fingerprint density at radius 2 is 1.35 bits per heavy atom. The second-order valence-electron chi connectivity index (χ2n) is 4.31. The standard InChI is InChI=1S/C15H15NO/c16-11-14-15(17-14,12-7-3-1-4-8-12)13-9-5-2-6-10-13/h1-10,14H,11,16H2. The number of benzene rings is 2. The molecule has 0 spiro atoms. The average Bonchev–Trinajstić information content (AvgIpc) is 3.17. The quantitative estimate of drug-likeness (QED) is 0.814. The molecule has 1 atom stereocenters. The molecule has 0 radical (unpaired) electrons. The van der Waals surface area contributed by atoms with Crippen molar-refractivity contribution in [2.24, 2.45) is 5.73 Å². The van der Waals surface area contributed by atoms with Gasteiger partial charge in [-0.3, -0.25) is 0 Å². The predicted molar refractivity (Wildman–Crippen MR) is 67.6 cm³/mol. The maximum atomic E-state index is 5.90. The van der Waals surface area contributed by atoms with Crippen molar-refractivity contribution in [2.75, 3.05) is 6.54 Å². The summed E-state index contributed by atoms with van der Waals surface area (Å²) in [5.74, 6) is 0. The highest BCUT2D eigenvalue weighted by Gasteiger charge is 2.57. The Balaban J connectivity index is 2.08. The van der Waals surface area contributed by atoms with Gasteiger partial charge in [-0.15, -0.1) is 0 Å². The molecule has 17 heavy (non-hydrogen) atoms. The molecule has 1 saturated heterocycles. The van der Waals surface area contributed by atoms with Crippen LogP contribution in [0.5, 0.6) is 0 Å². The number of rotatable bonds is 3. The first-order valence-electron chi connectivity index (χ1n) is 5.87. The van der Waals surface area contributed by atoms with Gasteiger partial charge in [0.25, 0.3) is 0 Å². The minimum atomic E-state index is -0.322. The fraction of sp³-hybridized carbons (Fsp3) is 0.200. The summed E-state index contributed by atoms with van der Waals surface area (Å²) in [4.78, 5) is 0. The summed E-state index contributed by atoms with van der Waals surface area (Å²) in [6.45, 7) is 0.545. The van der Waals surface area contributed by atoms with Gasteiger partial charge in [-0.1, -0.05) is 60.7 Å². The first kappa shape index (κ1) is 10.5. The van der Waals surface area contributed by atoms with E-state index >= 15 is 0 Å². The largest absolute Gasteiger partial charge is 0.354 e. The van der Waals surface area contributed by atoms with Crippen LogP contribution in [-0.4, -0.2) is 12.6 Å². The van der Waals surface area contributed by atoms with Crippen LogP contribution in [0.25, 0.3) is 0 Å². The van der Waals surface area contributed by atoms with E-state index in [2.05, 4.69) is 24.3 Å². The van der Waals surface area contributed by atoms with Gasteiger partial charge in [0.2, 0.25) is 0 Å². The van der Waals surface area contributed by atoms with Crippen molar-refractivity contribution in [2.45, 2.75) is 11.7 Å². The van der Waals surface area contributed by atoms with Gasteiger partial charge in [0, 0.05) is 6.54 Å². The van der Waals surface area contributed by atoms with E-state index in [1.54, 1.807) is 0 Å². The van der Waals surface area contributed by atoms with E-state index in [-0.39, 0.29) is 11.7 Å². The molecule has 1 aliphatic heterocycles. The van der Waals surface area contributed by atoms with Gasteiger partial charge < -0.3 is 10.5 Å². The van der Waals surface area contributed by atoms with E-state index in [4.69, 9.17) is 10.5 Å². The summed E-state index contributed by atoms with van der Waals surface area (Å²) >= 11 is 0. The topological polar surface area (TPSA) is 38.5 Å². The lowest BCUT2D eigenvalue weighted by molar-refractivity contribution is 0.329. The lowest BCUT2D eigenvalue weighted by Crippen LogP contribution is -2.20. The molecule has 0 aromatic heterocycles. The maximum absolute atomic E-state index is 5.90. The molecule has 3 rings (SSSR count). The predicted octanol–water partition coefficient (Wildman–Crippen LogP) is 2.29. The normalized spacial score (nSPS) is 21.1. The molecule has 2 aromatic rings. The Hall–Kier alpha value is -1.64. The molecule has 86 valence electrons. The number of epoxide rings is 1. The van der Waals surface area contributed by atoms with Gasteiger partial charge in [0.1, 0.15) is 11.7 Å². The zero-order valence-electron chi connectivity index (χ0n) is 9.54. The third kappa shape index (κ3) is 1.57. The third-order valence-corrected chi connectivity index (χ3v) is 3.34. The van der Waals surface area contributed by atoms with Crippen LogP contribution in [0.1, 0.15) is 11.1 Å². The van der Waals surface area contributed by atoms with Crippen LogP contribution in [0.4, 0.5) is 0 Å². The number of hydrogen-bond donors (Lipinski definition) is 1. The highest BCUT2D eigenvalue weighted by molar-refractivity contribution is 5.43. The smallest absolute Gasteiger partial charge is 0.146 e. The van der Waals surface area contributed by atoms with Crippen LogP contribution in [0.3, 0.4) is 0 Å². The molecule has 1 fully saturated rings. The monoisotopic (exact) mass is 225 g/mol.